The molecule has 1 N–H and O–H groups in total. The number of piperidine rings is 1. The van der Waals surface area contributed by atoms with Gasteiger partial charge in [0.1, 0.15) is 0 Å². The molecule has 1 saturated heterocycles. The van der Waals surface area contributed by atoms with E-state index in [-0.39, 0.29) is 24.2 Å². The van der Waals surface area contributed by atoms with Gasteiger partial charge in [0, 0.05) is 30.4 Å². The molecule has 1 aromatic rings. The van der Waals surface area contributed by atoms with Gasteiger partial charge < -0.3 is 10.2 Å². The summed E-state index contributed by atoms with van der Waals surface area (Å²) in [7, 11) is 0. The maximum Gasteiger partial charge on any atom is 0.271 e. The molecule has 20 heavy (non-hydrogen) atoms. The number of anilines is 1. The van der Waals surface area contributed by atoms with E-state index in [1.54, 1.807) is 12.1 Å². The smallest absolute Gasteiger partial charge is 0.271 e. The maximum atomic E-state index is 12.1. The molecule has 0 saturated carbocycles. The highest BCUT2D eigenvalue weighted by atomic mass is 16.6. The zero-order valence-electron chi connectivity index (χ0n) is 11.5. The zero-order valence-corrected chi connectivity index (χ0v) is 11.5. The van der Waals surface area contributed by atoms with E-state index >= 15 is 0 Å². The highest BCUT2D eigenvalue weighted by molar-refractivity contribution is 5.81. The van der Waals surface area contributed by atoms with E-state index in [0.29, 0.717) is 5.69 Å². The minimum Gasteiger partial charge on any atom is -0.376 e. The number of carbonyl (C=O) groups excluding carboxylic acids is 1. The summed E-state index contributed by atoms with van der Waals surface area (Å²) in [6.45, 7) is 3.03. The Labute approximate surface area is 117 Å². The van der Waals surface area contributed by atoms with Crippen LogP contribution in [0.25, 0.3) is 0 Å². The number of nitro groups is 1. The van der Waals surface area contributed by atoms with Gasteiger partial charge in [-0.2, -0.15) is 0 Å². The van der Waals surface area contributed by atoms with Gasteiger partial charge in [0.25, 0.3) is 5.69 Å². The number of nitro benzene ring substituents is 1. The molecule has 0 aromatic heterocycles. The topological polar surface area (TPSA) is 75.5 Å². The number of likely N-dealkylation sites (tertiary alicyclic amines) is 1. The molecule has 1 unspecified atom stereocenters. The lowest BCUT2D eigenvalue weighted by atomic mass is 10.0. The second-order valence-corrected chi connectivity index (χ2v) is 5.09. The third kappa shape index (κ3) is 3.46. The molecule has 0 bridgehead atoms. The number of rotatable bonds is 4. The standard InChI is InChI=1S/C14H19N3O3/c1-11-5-2-3-8-16(11)14(18)10-15-12-6-4-7-13(9-12)17(19)20/h4,6-7,9,11,15H,2-3,5,8,10H2,1H3. The first-order valence-electron chi connectivity index (χ1n) is 6.85. The highest BCUT2D eigenvalue weighted by Gasteiger charge is 2.22. The summed E-state index contributed by atoms with van der Waals surface area (Å²) in [5.74, 6) is 0.0451. The molecule has 1 aromatic carbocycles. The van der Waals surface area contributed by atoms with Crippen molar-refractivity contribution in [3.05, 3.63) is 34.4 Å². The summed E-state index contributed by atoms with van der Waals surface area (Å²) >= 11 is 0. The number of amides is 1. The fourth-order valence-corrected chi connectivity index (χ4v) is 2.48. The SMILES string of the molecule is CC1CCCCN1C(=O)CNc1cccc([N+](=O)[O-])c1. The zero-order chi connectivity index (χ0) is 14.5. The van der Waals surface area contributed by atoms with Crippen LogP contribution in [0.1, 0.15) is 26.2 Å². The van der Waals surface area contributed by atoms with Gasteiger partial charge in [0.05, 0.1) is 11.5 Å². The Balaban J connectivity index is 1.92. The Morgan fingerprint density at radius 3 is 3.00 bits per heavy atom. The highest BCUT2D eigenvalue weighted by Crippen LogP contribution is 2.18. The molecule has 1 aliphatic heterocycles. The van der Waals surface area contributed by atoms with Gasteiger partial charge >= 0.3 is 0 Å². The minimum absolute atomic E-state index is 0.0220. The van der Waals surface area contributed by atoms with Crippen molar-refractivity contribution in [2.45, 2.75) is 32.2 Å². The Hall–Kier alpha value is -2.11. The predicted octanol–water partition coefficient (Wildman–Crippen LogP) is 2.41. The van der Waals surface area contributed by atoms with Crippen molar-refractivity contribution in [2.24, 2.45) is 0 Å². The largest absolute Gasteiger partial charge is 0.376 e. The summed E-state index contributed by atoms with van der Waals surface area (Å²) in [6.07, 6.45) is 3.26. The molecule has 1 aliphatic rings. The predicted molar refractivity (Wildman–Crippen MR) is 76.6 cm³/mol. The van der Waals surface area contributed by atoms with E-state index in [1.165, 1.54) is 18.6 Å². The minimum atomic E-state index is -0.445. The Morgan fingerprint density at radius 2 is 2.30 bits per heavy atom. The fourth-order valence-electron chi connectivity index (χ4n) is 2.48. The number of non-ortho nitro benzene ring substituents is 1. The molecule has 6 heteroatoms. The number of benzene rings is 1. The first-order chi connectivity index (χ1) is 9.58. The van der Waals surface area contributed by atoms with Crippen LogP contribution in [-0.2, 0) is 4.79 Å². The Bertz CT molecular complexity index is 504. The third-order valence-corrected chi connectivity index (χ3v) is 3.62. The van der Waals surface area contributed by atoms with E-state index in [9.17, 15) is 14.9 Å². The molecule has 2 rings (SSSR count). The quantitative estimate of drug-likeness (QED) is 0.677. The fraction of sp³-hybridized carbons (Fsp3) is 0.500. The van der Waals surface area contributed by atoms with Gasteiger partial charge in [-0.05, 0) is 32.3 Å². The molecular formula is C14H19N3O3. The van der Waals surface area contributed by atoms with E-state index in [2.05, 4.69) is 12.2 Å². The number of carbonyl (C=O) groups is 1. The van der Waals surface area contributed by atoms with Gasteiger partial charge in [0.2, 0.25) is 5.91 Å². The lowest BCUT2D eigenvalue weighted by molar-refractivity contribution is -0.384. The van der Waals surface area contributed by atoms with Gasteiger partial charge in [-0.1, -0.05) is 6.07 Å². The summed E-state index contributed by atoms with van der Waals surface area (Å²) in [6, 6.07) is 6.48. The van der Waals surface area contributed by atoms with Crippen molar-refractivity contribution in [1.29, 1.82) is 0 Å². The first kappa shape index (κ1) is 14.3. The van der Waals surface area contributed by atoms with Crippen molar-refractivity contribution < 1.29 is 9.72 Å². The van der Waals surface area contributed by atoms with Crippen LogP contribution in [0, 0.1) is 10.1 Å². The van der Waals surface area contributed by atoms with Crippen LogP contribution in [0.4, 0.5) is 11.4 Å². The van der Waals surface area contributed by atoms with E-state index in [4.69, 9.17) is 0 Å². The molecular weight excluding hydrogens is 258 g/mol. The van der Waals surface area contributed by atoms with Crippen LogP contribution in [0.5, 0.6) is 0 Å². The van der Waals surface area contributed by atoms with Gasteiger partial charge in [-0.15, -0.1) is 0 Å². The summed E-state index contributed by atoms with van der Waals surface area (Å²) in [5, 5.41) is 13.6. The lowest BCUT2D eigenvalue weighted by Gasteiger charge is -2.33. The van der Waals surface area contributed by atoms with Crippen molar-refractivity contribution in [2.75, 3.05) is 18.4 Å². The average molecular weight is 277 g/mol. The lowest BCUT2D eigenvalue weighted by Crippen LogP contribution is -2.44. The molecule has 1 heterocycles. The molecule has 0 spiro atoms. The van der Waals surface area contributed by atoms with Crippen molar-refractivity contribution in [3.8, 4) is 0 Å². The van der Waals surface area contributed by atoms with Crippen molar-refractivity contribution in [1.82, 2.24) is 4.90 Å². The van der Waals surface area contributed by atoms with Gasteiger partial charge in [0.15, 0.2) is 0 Å². The van der Waals surface area contributed by atoms with Crippen LogP contribution in [0.2, 0.25) is 0 Å². The third-order valence-electron chi connectivity index (χ3n) is 3.62. The molecule has 0 aliphatic carbocycles. The number of hydrogen-bond donors (Lipinski definition) is 1. The molecule has 1 fully saturated rings. The molecule has 1 amide bonds. The Kier molecular flexibility index (Phi) is 4.55. The van der Waals surface area contributed by atoms with Crippen molar-refractivity contribution >= 4 is 17.3 Å². The van der Waals surface area contributed by atoms with E-state index in [0.717, 1.165) is 19.4 Å². The van der Waals surface area contributed by atoms with E-state index in [1.807, 2.05) is 4.90 Å². The second kappa shape index (κ2) is 6.36. The number of nitrogens with one attached hydrogen (secondary N) is 1. The molecule has 0 radical (unpaired) electrons. The van der Waals surface area contributed by atoms with Crippen LogP contribution >= 0.6 is 0 Å². The monoisotopic (exact) mass is 277 g/mol. The summed E-state index contributed by atoms with van der Waals surface area (Å²) < 4.78 is 0. The maximum absolute atomic E-state index is 12.1. The molecule has 6 nitrogen and oxygen atoms in total. The first-order valence-corrected chi connectivity index (χ1v) is 6.85. The van der Waals surface area contributed by atoms with Crippen LogP contribution in [-0.4, -0.2) is 34.9 Å². The van der Waals surface area contributed by atoms with E-state index < -0.39 is 4.92 Å². The van der Waals surface area contributed by atoms with Crippen molar-refractivity contribution in [3.63, 3.8) is 0 Å². The molecule has 108 valence electrons. The molecule has 1 atom stereocenters. The normalized spacial score (nSPS) is 18.6. The number of hydrogen-bond acceptors (Lipinski definition) is 4. The summed E-state index contributed by atoms with van der Waals surface area (Å²) in [5.41, 5.74) is 0.617. The summed E-state index contributed by atoms with van der Waals surface area (Å²) in [4.78, 5) is 24.3. The van der Waals surface area contributed by atoms with Crippen LogP contribution in [0.3, 0.4) is 0 Å². The second-order valence-electron chi connectivity index (χ2n) is 5.09. The van der Waals surface area contributed by atoms with Gasteiger partial charge in [-0.3, -0.25) is 14.9 Å². The van der Waals surface area contributed by atoms with Crippen LogP contribution in [0.15, 0.2) is 24.3 Å². The van der Waals surface area contributed by atoms with Crippen LogP contribution < -0.4 is 5.32 Å². The Morgan fingerprint density at radius 1 is 1.50 bits per heavy atom. The average Bonchev–Trinajstić information content (AvgIpc) is 2.45. The number of nitrogens with zero attached hydrogens (tertiary/aromatic N) is 2. The van der Waals surface area contributed by atoms with Gasteiger partial charge in [-0.25, -0.2) is 0 Å².